The first-order valence-electron chi connectivity index (χ1n) is 5.43. The molecule has 0 aromatic heterocycles. The maximum absolute atomic E-state index is 13.8. The molecule has 0 unspecified atom stereocenters. The first kappa shape index (κ1) is 12.9. The molecule has 0 aliphatic carbocycles. The van der Waals surface area contributed by atoms with Gasteiger partial charge in [-0.25, -0.2) is 9.18 Å². The Morgan fingerprint density at radius 2 is 1.95 bits per heavy atom. The number of hydrogen-bond acceptors (Lipinski definition) is 3. The van der Waals surface area contributed by atoms with Gasteiger partial charge in [-0.15, -0.1) is 0 Å². The molecule has 0 saturated heterocycles. The van der Waals surface area contributed by atoms with Gasteiger partial charge in [-0.3, -0.25) is 0 Å². The van der Waals surface area contributed by atoms with Gasteiger partial charge in [-0.2, -0.15) is 0 Å². The zero-order valence-corrected chi connectivity index (χ0v) is 10.1. The summed E-state index contributed by atoms with van der Waals surface area (Å²) >= 11 is 0. The minimum Gasteiger partial charge on any atom is -0.507 e. The average molecular weight is 262 g/mol. The highest BCUT2D eigenvalue weighted by Crippen LogP contribution is 2.30. The van der Waals surface area contributed by atoms with Gasteiger partial charge in [0.25, 0.3) is 0 Å². The topological polar surface area (TPSA) is 66.8 Å². The number of benzene rings is 2. The number of hydrogen-bond donors (Lipinski definition) is 2. The van der Waals surface area contributed by atoms with Crippen LogP contribution in [0.25, 0.3) is 11.1 Å². The second-order valence-corrected chi connectivity index (χ2v) is 3.88. The third-order valence-corrected chi connectivity index (χ3v) is 2.72. The fourth-order valence-corrected chi connectivity index (χ4v) is 1.74. The molecular formula is C14H11FO4. The van der Waals surface area contributed by atoms with E-state index < -0.39 is 17.5 Å². The van der Waals surface area contributed by atoms with E-state index in [0.29, 0.717) is 11.3 Å². The van der Waals surface area contributed by atoms with Gasteiger partial charge in [0.05, 0.1) is 7.11 Å². The molecule has 19 heavy (non-hydrogen) atoms. The number of rotatable bonds is 3. The van der Waals surface area contributed by atoms with Gasteiger partial charge in [0, 0.05) is 11.6 Å². The Hall–Kier alpha value is -2.56. The second-order valence-electron chi connectivity index (χ2n) is 3.88. The minimum absolute atomic E-state index is 0.224. The number of halogens is 1. The summed E-state index contributed by atoms with van der Waals surface area (Å²) in [4.78, 5) is 10.8. The fraction of sp³-hybridized carbons (Fsp3) is 0.0714. The summed E-state index contributed by atoms with van der Waals surface area (Å²) in [6.45, 7) is 0. The molecule has 2 aromatic rings. The molecule has 2 aromatic carbocycles. The van der Waals surface area contributed by atoms with Crippen LogP contribution in [-0.4, -0.2) is 23.3 Å². The molecule has 0 spiro atoms. The lowest BCUT2D eigenvalue weighted by atomic mass is 10.0. The summed E-state index contributed by atoms with van der Waals surface area (Å²) in [6, 6.07) is 8.19. The molecular weight excluding hydrogens is 251 g/mol. The molecule has 0 radical (unpaired) electrons. The molecule has 0 heterocycles. The quantitative estimate of drug-likeness (QED) is 0.892. The van der Waals surface area contributed by atoms with E-state index in [0.717, 1.165) is 0 Å². The van der Waals surface area contributed by atoms with Crippen LogP contribution < -0.4 is 4.74 Å². The van der Waals surface area contributed by atoms with Crippen molar-refractivity contribution in [2.45, 2.75) is 0 Å². The zero-order valence-electron chi connectivity index (χ0n) is 10.1. The highest BCUT2D eigenvalue weighted by molar-refractivity contribution is 5.91. The van der Waals surface area contributed by atoms with Crippen LogP contribution in [-0.2, 0) is 0 Å². The van der Waals surface area contributed by atoms with Crippen LogP contribution in [0.4, 0.5) is 4.39 Å². The second kappa shape index (κ2) is 4.97. The lowest BCUT2D eigenvalue weighted by molar-refractivity contribution is 0.0694. The molecule has 0 saturated carbocycles. The Bertz CT molecular complexity index is 637. The molecule has 2 rings (SSSR count). The average Bonchev–Trinajstić information content (AvgIpc) is 2.37. The molecule has 2 N–H and O–H groups in total. The number of methoxy groups -OCH3 is 1. The minimum atomic E-state index is -1.24. The van der Waals surface area contributed by atoms with E-state index in [9.17, 15) is 14.3 Å². The standard InChI is InChI=1S/C14H11FO4/c1-19-9-3-5-10(12(15)7-9)8-2-4-11(14(17)18)13(16)6-8/h2-7,16H,1H3,(H,17,18). The Labute approximate surface area is 108 Å². The van der Waals surface area contributed by atoms with Gasteiger partial charge < -0.3 is 14.9 Å². The predicted molar refractivity (Wildman–Crippen MR) is 67.0 cm³/mol. The van der Waals surface area contributed by atoms with Crippen LogP contribution in [0.5, 0.6) is 11.5 Å². The largest absolute Gasteiger partial charge is 0.507 e. The number of aromatic carboxylic acids is 1. The molecule has 0 atom stereocenters. The van der Waals surface area contributed by atoms with Gasteiger partial charge in [-0.1, -0.05) is 6.07 Å². The van der Waals surface area contributed by atoms with Crippen LogP contribution in [0.2, 0.25) is 0 Å². The van der Waals surface area contributed by atoms with E-state index in [1.165, 1.54) is 37.4 Å². The molecule has 0 aliphatic heterocycles. The van der Waals surface area contributed by atoms with Crippen molar-refractivity contribution in [1.82, 2.24) is 0 Å². The third-order valence-electron chi connectivity index (χ3n) is 2.72. The molecule has 0 aliphatic rings. The van der Waals surface area contributed by atoms with Crippen molar-refractivity contribution < 1.29 is 24.1 Å². The number of carboxylic acids is 1. The fourth-order valence-electron chi connectivity index (χ4n) is 1.74. The van der Waals surface area contributed by atoms with Crippen LogP contribution in [0, 0.1) is 5.82 Å². The van der Waals surface area contributed by atoms with Crippen molar-refractivity contribution in [2.24, 2.45) is 0 Å². The summed E-state index contributed by atoms with van der Waals surface area (Å²) < 4.78 is 18.7. The predicted octanol–water partition coefficient (Wildman–Crippen LogP) is 2.91. The van der Waals surface area contributed by atoms with Gasteiger partial charge >= 0.3 is 5.97 Å². The Kier molecular flexibility index (Phi) is 3.37. The lowest BCUT2D eigenvalue weighted by Gasteiger charge is -2.07. The number of phenols is 1. The van der Waals surface area contributed by atoms with E-state index in [-0.39, 0.29) is 11.1 Å². The number of ether oxygens (including phenoxy) is 1. The van der Waals surface area contributed by atoms with Crippen molar-refractivity contribution in [3.8, 4) is 22.6 Å². The van der Waals surface area contributed by atoms with Crippen molar-refractivity contribution in [1.29, 1.82) is 0 Å². The van der Waals surface area contributed by atoms with Crippen LogP contribution in [0.1, 0.15) is 10.4 Å². The number of carbonyl (C=O) groups is 1. The van der Waals surface area contributed by atoms with E-state index in [1.807, 2.05) is 0 Å². The Morgan fingerprint density at radius 3 is 2.47 bits per heavy atom. The molecule has 5 heteroatoms. The summed E-state index contributed by atoms with van der Waals surface area (Å²) in [5.41, 5.74) is 0.424. The van der Waals surface area contributed by atoms with Crippen LogP contribution in [0.15, 0.2) is 36.4 Å². The lowest BCUT2D eigenvalue weighted by Crippen LogP contribution is -1.97. The highest BCUT2D eigenvalue weighted by atomic mass is 19.1. The smallest absolute Gasteiger partial charge is 0.339 e. The Morgan fingerprint density at radius 1 is 1.21 bits per heavy atom. The summed E-state index contributed by atoms with van der Waals surface area (Å²) in [5.74, 6) is -1.77. The molecule has 0 bridgehead atoms. The number of aromatic hydroxyl groups is 1. The molecule has 4 nitrogen and oxygen atoms in total. The van der Waals surface area contributed by atoms with E-state index >= 15 is 0 Å². The van der Waals surface area contributed by atoms with E-state index in [2.05, 4.69) is 0 Å². The molecule has 98 valence electrons. The highest BCUT2D eigenvalue weighted by Gasteiger charge is 2.12. The van der Waals surface area contributed by atoms with Crippen LogP contribution >= 0.6 is 0 Å². The van der Waals surface area contributed by atoms with Gasteiger partial charge in [0.15, 0.2) is 0 Å². The van der Waals surface area contributed by atoms with Crippen molar-refractivity contribution >= 4 is 5.97 Å². The number of carboxylic acid groups (broad SMARTS) is 1. The maximum atomic E-state index is 13.8. The Balaban J connectivity index is 2.48. The van der Waals surface area contributed by atoms with Crippen molar-refractivity contribution in [2.75, 3.05) is 7.11 Å². The zero-order chi connectivity index (χ0) is 14.0. The van der Waals surface area contributed by atoms with Gasteiger partial charge in [0.2, 0.25) is 0 Å². The molecule has 0 fully saturated rings. The van der Waals surface area contributed by atoms with Gasteiger partial charge in [-0.05, 0) is 29.8 Å². The molecule has 0 amide bonds. The first-order chi connectivity index (χ1) is 9.02. The summed E-state index contributed by atoms with van der Waals surface area (Å²) in [5, 5.41) is 18.4. The summed E-state index contributed by atoms with van der Waals surface area (Å²) in [7, 11) is 1.43. The summed E-state index contributed by atoms with van der Waals surface area (Å²) in [6.07, 6.45) is 0. The SMILES string of the molecule is COc1ccc(-c2ccc(C(=O)O)c(O)c2)c(F)c1. The monoisotopic (exact) mass is 262 g/mol. The first-order valence-corrected chi connectivity index (χ1v) is 5.43. The normalized spacial score (nSPS) is 10.2. The van der Waals surface area contributed by atoms with Crippen molar-refractivity contribution in [3.63, 3.8) is 0 Å². The van der Waals surface area contributed by atoms with E-state index in [4.69, 9.17) is 9.84 Å². The van der Waals surface area contributed by atoms with Crippen molar-refractivity contribution in [3.05, 3.63) is 47.8 Å². The van der Waals surface area contributed by atoms with Crippen LogP contribution in [0.3, 0.4) is 0 Å². The van der Waals surface area contributed by atoms with Gasteiger partial charge in [0.1, 0.15) is 22.9 Å². The third kappa shape index (κ3) is 2.49. The maximum Gasteiger partial charge on any atom is 0.339 e. The van der Waals surface area contributed by atoms with E-state index in [1.54, 1.807) is 6.07 Å².